The first-order valence-corrected chi connectivity index (χ1v) is 9.91. The molecule has 0 unspecified atom stereocenters. The predicted octanol–water partition coefficient (Wildman–Crippen LogP) is 4.03. The van der Waals surface area contributed by atoms with E-state index < -0.39 is 11.5 Å². The monoisotopic (exact) mass is 390 g/mol. The zero-order chi connectivity index (χ0) is 20.4. The van der Waals surface area contributed by atoms with Crippen molar-refractivity contribution in [3.8, 4) is 0 Å². The number of fused-ring (bicyclic) bond motifs is 1. The third kappa shape index (κ3) is 3.83. The summed E-state index contributed by atoms with van der Waals surface area (Å²) in [6, 6.07) is 14.0. The topological polar surface area (TPSA) is 89.3 Å². The quantitative estimate of drug-likeness (QED) is 0.665. The molecule has 1 aliphatic carbocycles. The summed E-state index contributed by atoms with van der Waals surface area (Å²) in [6.45, 7) is -0.299. The second-order valence-corrected chi connectivity index (χ2v) is 7.54. The minimum Gasteiger partial charge on any atom is -0.476 e. The third-order valence-electron chi connectivity index (χ3n) is 5.67. The highest BCUT2D eigenvalue weighted by molar-refractivity contribution is 6.01. The Kier molecular flexibility index (Phi) is 5.25. The van der Waals surface area contributed by atoms with E-state index in [0.717, 1.165) is 4.68 Å². The highest BCUT2D eigenvalue weighted by Crippen LogP contribution is 2.32. The number of nitrogens with zero attached hydrogens (tertiary/aromatic N) is 2. The molecule has 0 atom stereocenters. The van der Waals surface area contributed by atoms with Gasteiger partial charge in [-0.05, 0) is 30.4 Å². The molecule has 1 aromatic heterocycles. The normalized spacial score (nSPS) is 14.8. The average molecular weight is 390 g/mol. The summed E-state index contributed by atoms with van der Waals surface area (Å²) in [5.41, 5.74) is 1.03. The minimum absolute atomic E-state index is 0.236. The van der Waals surface area contributed by atoms with Crippen molar-refractivity contribution in [3.05, 3.63) is 75.7 Å². The molecule has 1 aliphatic rings. The van der Waals surface area contributed by atoms with Gasteiger partial charge in [-0.1, -0.05) is 61.7 Å². The SMILES string of the molecule is O=C(Cn1nc(C(=O)O)c2ccccc2c1=O)c1ccc(C2CCCCC2)cc1. The van der Waals surface area contributed by atoms with Crippen LogP contribution in [0.25, 0.3) is 10.8 Å². The van der Waals surface area contributed by atoms with E-state index in [1.807, 2.05) is 12.1 Å². The number of hydrogen-bond donors (Lipinski definition) is 1. The van der Waals surface area contributed by atoms with Gasteiger partial charge < -0.3 is 5.11 Å². The van der Waals surface area contributed by atoms with Crippen molar-refractivity contribution in [2.45, 2.75) is 44.6 Å². The van der Waals surface area contributed by atoms with Crippen LogP contribution in [0.1, 0.15) is 64.4 Å². The lowest BCUT2D eigenvalue weighted by Crippen LogP contribution is -2.29. The van der Waals surface area contributed by atoms with Crippen molar-refractivity contribution in [1.82, 2.24) is 9.78 Å². The van der Waals surface area contributed by atoms with Crippen LogP contribution in [-0.2, 0) is 6.54 Å². The fourth-order valence-corrected chi connectivity index (χ4v) is 4.10. The summed E-state index contributed by atoms with van der Waals surface area (Å²) in [6.07, 6.45) is 6.14. The van der Waals surface area contributed by atoms with Crippen molar-refractivity contribution in [3.63, 3.8) is 0 Å². The second kappa shape index (κ2) is 7.99. The molecule has 0 radical (unpaired) electrons. The predicted molar refractivity (Wildman–Crippen MR) is 110 cm³/mol. The lowest BCUT2D eigenvalue weighted by atomic mass is 9.84. The molecule has 1 saturated carbocycles. The Labute approximate surface area is 167 Å². The summed E-state index contributed by atoms with van der Waals surface area (Å²) in [5, 5.41) is 13.9. The molecular formula is C23H22N2O4. The lowest BCUT2D eigenvalue weighted by molar-refractivity contribution is 0.0688. The standard InChI is InChI=1S/C23H22N2O4/c26-20(17-12-10-16(11-13-17)15-6-2-1-3-7-15)14-25-22(27)19-9-5-4-8-18(19)21(24-25)23(28)29/h4-5,8-13,15H,1-3,6-7,14H2,(H,28,29). The third-order valence-corrected chi connectivity index (χ3v) is 5.67. The number of Topliss-reactive ketones (excluding diaryl/α,β-unsaturated/α-hetero) is 1. The molecular weight excluding hydrogens is 368 g/mol. The van der Waals surface area contributed by atoms with E-state index in [-0.39, 0.29) is 28.8 Å². The second-order valence-electron chi connectivity index (χ2n) is 7.54. The molecule has 6 heteroatoms. The number of carboxylic acid groups (broad SMARTS) is 1. The van der Waals surface area contributed by atoms with Gasteiger partial charge in [-0.2, -0.15) is 5.10 Å². The van der Waals surface area contributed by atoms with Gasteiger partial charge in [0.2, 0.25) is 0 Å². The van der Waals surface area contributed by atoms with Gasteiger partial charge in [0.15, 0.2) is 11.5 Å². The molecule has 0 spiro atoms. The Balaban J connectivity index is 1.61. The van der Waals surface area contributed by atoms with Crippen molar-refractivity contribution in [2.75, 3.05) is 0 Å². The molecule has 2 aromatic carbocycles. The van der Waals surface area contributed by atoms with Gasteiger partial charge in [0.1, 0.15) is 6.54 Å². The molecule has 1 N–H and O–H groups in total. The van der Waals surface area contributed by atoms with Crippen LogP contribution < -0.4 is 5.56 Å². The van der Waals surface area contributed by atoms with E-state index in [1.54, 1.807) is 36.4 Å². The lowest BCUT2D eigenvalue weighted by Gasteiger charge is -2.22. The first kappa shape index (κ1) is 19.1. The molecule has 0 saturated heterocycles. The summed E-state index contributed by atoms with van der Waals surface area (Å²) >= 11 is 0. The minimum atomic E-state index is -1.24. The van der Waals surface area contributed by atoms with Gasteiger partial charge in [0, 0.05) is 10.9 Å². The van der Waals surface area contributed by atoms with Gasteiger partial charge in [0.25, 0.3) is 5.56 Å². The summed E-state index contributed by atoms with van der Waals surface area (Å²) < 4.78 is 0.948. The van der Waals surface area contributed by atoms with Crippen LogP contribution in [0.15, 0.2) is 53.3 Å². The van der Waals surface area contributed by atoms with Gasteiger partial charge >= 0.3 is 5.97 Å². The fourth-order valence-electron chi connectivity index (χ4n) is 4.10. The summed E-state index contributed by atoms with van der Waals surface area (Å²) in [7, 11) is 0. The van der Waals surface area contributed by atoms with Crippen LogP contribution in [0.4, 0.5) is 0 Å². The van der Waals surface area contributed by atoms with Crippen LogP contribution in [0.5, 0.6) is 0 Å². The number of carbonyl (C=O) groups excluding carboxylic acids is 1. The molecule has 0 amide bonds. The highest BCUT2D eigenvalue weighted by Gasteiger charge is 2.19. The van der Waals surface area contributed by atoms with E-state index >= 15 is 0 Å². The van der Waals surface area contributed by atoms with Crippen LogP contribution in [0, 0.1) is 0 Å². The van der Waals surface area contributed by atoms with Crippen molar-refractivity contribution in [2.24, 2.45) is 0 Å². The Morgan fingerprint density at radius 1 is 0.966 bits per heavy atom. The Hall–Kier alpha value is -3.28. The maximum absolute atomic E-state index is 12.7. The van der Waals surface area contributed by atoms with E-state index in [0.29, 0.717) is 11.5 Å². The van der Waals surface area contributed by atoms with Crippen LogP contribution in [0.3, 0.4) is 0 Å². The number of aromatic carboxylic acids is 1. The molecule has 29 heavy (non-hydrogen) atoms. The van der Waals surface area contributed by atoms with Crippen molar-refractivity contribution in [1.29, 1.82) is 0 Å². The Morgan fingerprint density at radius 2 is 1.62 bits per heavy atom. The van der Waals surface area contributed by atoms with Gasteiger partial charge in [0.05, 0.1) is 5.39 Å². The van der Waals surface area contributed by atoms with E-state index in [9.17, 15) is 19.5 Å². The number of benzene rings is 2. The average Bonchev–Trinajstić information content (AvgIpc) is 2.76. The van der Waals surface area contributed by atoms with E-state index in [2.05, 4.69) is 5.10 Å². The first-order chi connectivity index (χ1) is 14.0. The molecule has 0 bridgehead atoms. The number of aromatic nitrogens is 2. The maximum Gasteiger partial charge on any atom is 0.357 e. The Bertz CT molecular complexity index is 1130. The number of rotatable bonds is 5. The van der Waals surface area contributed by atoms with Crippen molar-refractivity contribution < 1.29 is 14.7 Å². The number of ketones is 1. The molecule has 4 rings (SSSR count). The fraction of sp³-hybridized carbons (Fsp3) is 0.304. The summed E-state index contributed by atoms with van der Waals surface area (Å²) in [5.74, 6) is -0.962. The van der Waals surface area contributed by atoms with Crippen LogP contribution in [0.2, 0.25) is 0 Å². The van der Waals surface area contributed by atoms with E-state index in [1.165, 1.54) is 37.7 Å². The molecule has 1 fully saturated rings. The summed E-state index contributed by atoms with van der Waals surface area (Å²) in [4.78, 5) is 37.0. The number of carbonyl (C=O) groups is 2. The molecule has 6 nitrogen and oxygen atoms in total. The highest BCUT2D eigenvalue weighted by atomic mass is 16.4. The first-order valence-electron chi connectivity index (χ1n) is 9.91. The molecule has 148 valence electrons. The molecule has 0 aliphatic heterocycles. The zero-order valence-electron chi connectivity index (χ0n) is 16.0. The van der Waals surface area contributed by atoms with E-state index in [4.69, 9.17) is 0 Å². The number of carboxylic acids is 1. The zero-order valence-corrected chi connectivity index (χ0v) is 16.0. The van der Waals surface area contributed by atoms with Gasteiger partial charge in [-0.15, -0.1) is 0 Å². The Morgan fingerprint density at radius 3 is 2.28 bits per heavy atom. The van der Waals surface area contributed by atoms with Crippen LogP contribution in [-0.4, -0.2) is 26.6 Å². The largest absolute Gasteiger partial charge is 0.476 e. The molecule has 3 aromatic rings. The van der Waals surface area contributed by atoms with Crippen molar-refractivity contribution >= 4 is 22.5 Å². The van der Waals surface area contributed by atoms with Gasteiger partial charge in [-0.3, -0.25) is 9.59 Å². The smallest absolute Gasteiger partial charge is 0.357 e. The maximum atomic E-state index is 12.7. The van der Waals surface area contributed by atoms with Crippen LogP contribution >= 0.6 is 0 Å². The van der Waals surface area contributed by atoms with Gasteiger partial charge in [-0.25, -0.2) is 9.48 Å². The molecule has 1 heterocycles. The number of hydrogen-bond acceptors (Lipinski definition) is 4.